The lowest BCUT2D eigenvalue weighted by atomic mass is 10.0. The molecule has 0 aliphatic carbocycles. The predicted molar refractivity (Wildman–Crippen MR) is 126 cm³/mol. The van der Waals surface area contributed by atoms with Crippen LogP contribution in [0.1, 0.15) is 36.3 Å². The minimum Gasteiger partial charge on any atom is -0.469 e. The Morgan fingerprint density at radius 3 is 2.82 bits per heavy atom. The fourth-order valence-corrected chi connectivity index (χ4v) is 4.42. The van der Waals surface area contributed by atoms with Gasteiger partial charge >= 0.3 is 5.97 Å². The molecule has 0 bridgehead atoms. The third-order valence-corrected chi connectivity index (χ3v) is 5.96. The number of nitrogens with one attached hydrogen (secondary N) is 1. The molecule has 3 heterocycles. The zero-order valence-electron chi connectivity index (χ0n) is 18.0. The lowest BCUT2D eigenvalue weighted by Crippen LogP contribution is -2.31. The number of ether oxygens (including phenoxy) is 1. The molecule has 2 aromatic heterocycles. The van der Waals surface area contributed by atoms with Crippen molar-refractivity contribution in [3.05, 3.63) is 88.5 Å². The molecule has 1 aliphatic rings. The summed E-state index contributed by atoms with van der Waals surface area (Å²) in [4.78, 5) is 29.1. The molecule has 0 radical (unpaired) electrons. The lowest BCUT2D eigenvalue weighted by Gasteiger charge is -2.29. The van der Waals surface area contributed by atoms with Gasteiger partial charge < -0.3 is 19.5 Å². The van der Waals surface area contributed by atoms with Gasteiger partial charge in [-0.1, -0.05) is 12.1 Å². The Morgan fingerprint density at radius 2 is 2.09 bits per heavy atom. The molecule has 0 spiro atoms. The number of methoxy groups -OCH3 is 1. The van der Waals surface area contributed by atoms with Gasteiger partial charge in [0, 0.05) is 43.2 Å². The van der Waals surface area contributed by atoms with Crippen molar-refractivity contribution in [2.75, 3.05) is 13.7 Å². The third-order valence-electron chi connectivity index (χ3n) is 5.61. The van der Waals surface area contributed by atoms with Crippen LogP contribution in [0.5, 0.6) is 0 Å². The summed E-state index contributed by atoms with van der Waals surface area (Å²) in [6.45, 7) is 0.537. The maximum atomic E-state index is 11.6. The number of aromatic nitrogens is 2. The van der Waals surface area contributed by atoms with Crippen molar-refractivity contribution in [1.29, 1.82) is 0 Å². The number of thiocarbonyl (C=S) groups is 1. The number of carbonyl (C=O) groups excluding carboxylic acids is 1. The summed E-state index contributed by atoms with van der Waals surface area (Å²) in [5.41, 5.74) is 2.42. The Hall–Kier alpha value is -3.79. The lowest BCUT2D eigenvalue weighted by molar-refractivity contribution is -0.384. The van der Waals surface area contributed by atoms with E-state index in [-0.39, 0.29) is 30.2 Å². The molecule has 2 unspecified atom stereocenters. The molecule has 4 rings (SSSR count). The fourth-order valence-electron chi connectivity index (χ4n) is 4.09. The van der Waals surface area contributed by atoms with Crippen LogP contribution >= 0.6 is 12.2 Å². The SMILES string of the molecule is COC(=O)CCCN1C(=S)NC(c2ccccn2)C1c1cccn1-c1cccc([N+](=O)[O-])c1. The van der Waals surface area contributed by atoms with E-state index in [1.165, 1.54) is 13.2 Å². The van der Waals surface area contributed by atoms with Crippen molar-refractivity contribution in [2.24, 2.45) is 0 Å². The van der Waals surface area contributed by atoms with Crippen molar-refractivity contribution in [2.45, 2.75) is 24.9 Å². The molecule has 10 heteroatoms. The van der Waals surface area contributed by atoms with E-state index in [1.54, 1.807) is 18.3 Å². The highest BCUT2D eigenvalue weighted by atomic mass is 32.1. The van der Waals surface area contributed by atoms with Crippen LogP contribution < -0.4 is 5.32 Å². The van der Waals surface area contributed by atoms with Crippen molar-refractivity contribution < 1.29 is 14.5 Å². The molecule has 9 nitrogen and oxygen atoms in total. The van der Waals surface area contributed by atoms with E-state index in [1.807, 2.05) is 52.1 Å². The van der Waals surface area contributed by atoms with Gasteiger partial charge in [0.05, 0.1) is 35.5 Å². The fraction of sp³-hybridized carbons (Fsp3) is 0.261. The van der Waals surface area contributed by atoms with E-state index in [0.717, 1.165) is 11.4 Å². The van der Waals surface area contributed by atoms with E-state index >= 15 is 0 Å². The number of hydrogen-bond acceptors (Lipinski definition) is 6. The molecule has 0 saturated carbocycles. The van der Waals surface area contributed by atoms with Crippen LogP contribution in [0, 0.1) is 10.1 Å². The predicted octanol–water partition coefficient (Wildman–Crippen LogP) is 3.71. The molecule has 170 valence electrons. The Balaban J connectivity index is 1.73. The molecule has 0 amide bonds. The smallest absolute Gasteiger partial charge is 0.305 e. The zero-order chi connectivity index (χ0) is 23.4. The third kappa shape index (κ3) is 4.70. The van der Waals surface area contributed by atoms with Crippen molar-refractivity contribution >= 4 is 29.0 Å². The first-order valence-corrected chi connectivity index (χ1v) is 10.9. The molecule has 33 heavy (non-hydrogen) atoms. The van der Waals surface area contributed by atoms with E-state index in [2.05, 4.69) is 10.3 Å². The van der Waals surface area contributed by atoms with Gasteiger partial charge in [-0.15, -0.1) is 0 Å². The molecule has 3 aromatic rings. The quantitative estimate of drug-likeness (QED) is 0.232. The van der Waals surface area contributed by atoms with Gasteiger partial charge in [0.15, 0.2) is 5.11 Å². The number of nitrogens with zero attached hydrogens (tertiary/aromatic N) is 4. The van der Waals surface area contributed by atoms with E-state index in [4.69, 9.17) is 17.0 Å². The van der Waals surface area contributed by atoms with E-state index < -0.39 is 4.92 Å². The number of benzene rings is 1. The first-order valence-electron chi connectivity index (χ1n) is 10.5. The van der Waals surface area contributed by atoms with Gasteiger partial charge in [-0.25, -0.2) is 0 Å². The van der Waals surface area contributed by atoms with Crippen LogP contribution in [0.2, 0.25) is 0 Å². The second kappa shape index (κ2) is 9.78. The van der Waals surface area contributed by atoms with E-state index in [9.17, 15) is 14.9 Å². The monoisotopic (exact) mass is 465 g/mol. The van der Waals surface area contributed by atoms with Crippen LogP contribution in [0.3, 0.4) is 0 Å². The first-order chi connectivity index (χ1) is 16.0. The van der Waals surface area contributed by atoms with Gasteiger partial charge in [0.1, 0.15) is 0 Å². The number of nitro benzene ring substituents is 1. The van der Waals surface area contributed by atoms with Gasteiger partial charge in [0.25, 0.3) is 5.69 Å². The Morgan fingerprint density at radius 1 is 1.24 bits per heavy atom. The van der Waals surface area contributed by atoms with Gasteiger partial charge in [-0.3, -0.25) is 19.9 Å². The molecular formula is C23H23N5O4S. The summed E-state index contributed by atoms with van der Waals surface area (Å²) >= 11 is 5.66. The number of carbonyl (C=O) groups is 1. The largest absolute Gasteiger partial charge is 0.469 e. The summed E-state index contributed by atoms with van der Waals surface area (Å²) < 4.78 is 6.69. The highest BCUT2D eigenvalue weighted by molar-refractivity contribution is 7.80. The topological polar surface area (TPSA) is 103 Å². The Kier molecular flexibility index (Phi) is 6.64. The number of nitro groups is 1. The van der Waals surface area contributed by atoms with E-state index in [0.29, 0.717) is 23.8 Å². The number of hydrogen-bond donors (Lipinski definition) is 1. The minimum atomic E-state index is -0.408. The molecule has 1 N–H and O–H groups in total. The first kappa shape index (κ1) is 22.4. The average molecular weight is 466 g/mol. The normalized spacial score (nSPS) is 17.6. The highest BCUT2D eigenvalue weighted by Crippen LogP contribution is 2.39. The maximum Gasteiger partial charge on any atom is 0.305 e. The van der Waals surface area contributed by atoms with Crippen LogP contribution in [0.25, 0.3) is 5.69 Å². The zero-order valence-corrected chi connectivity index (χ0v) is 18.8. The van der Waals surface area contributed by atoms with Gasteiger partial charge in [-0.05, 0) is 49.0 Å². The molecule has 2 atom stereocenters. The summed E-state index contributed by atoms with van der Waals surface area (Å²) in [6, 6.07) is 15.6. The molecule has 1 aromatic carbocycles. The highest BCUT2D eigenvalue weighted by Gasteiger charge is 2.41. The van der Waals surface area contributed by atoms with Crippen molar-refractivity contribution in [3.63, 3.8) is 0 Å². The molecular weight excluding hydrogens is 442 g/mol. The summed E-state index contributed by atoms with van der Waals surface area (Å²) in [5, 5.41) is 15.2. The van der Waals surface area contributed by atoms with Crippen molar-refractivity contribution in [3.8, 4) is 5.69 Å². The summed E-state index contributed by atoms with van der Waals surface area (Å²) in [5.74, 6) is -0.272. The average Bonchev–Trinajstić information content (AvgIpc) is 3.44. The van der Waals surface area contributed by atoms with Gasteiger partial charge in [0.2, 0.25) is 0 Å². The van der Waals surface area contributed by atoms with Gasteiger partial charge in [-0.2, -0.15) is 0 Å². The van der Waals surface area contributed by atoms with Crippen LogP contribution in [0.4, 0.5) is 5.69 Å². The number of esters is 1. The standard InChI is InChI=1S/C23H23N5O4S/c1-32-20(29)11-6-14-27-22(21(25-23(27)33)18-9-2-3-12-24-18)19-10-5-13-26(19)16-7-4-8-17(15-16)28(30)31/h2-5,7-10,12-13,15,21-22H,6,11,14H2,1H3,(H,25,33). The summed E-state index contributed by atoms with van der Waals surface area (Å²) in [6.07, 6.45) is 4.45. The summed E-state index contributed by atoms with van der Waals surface area (Å²) in [7, 11) is 1.37. The second-order valence-corrected chi connectivity index (χ2v) is 7.97. The molecule has 1 fully saturated rings. The Labute approximate surface area is 196 Å². The van der Waals surface area contributed by atoms with Crippen LogP contribution in [-0.2, 0) is 9.53 Å². The number of pyridine rings is 1. The number of rotatable bonds is 8. The maximum absolute atomic E-state index is 11.6. The second-order valence-electron chi connectivity index (χ2n) is 7.58. The number of non-ortho nitro benzene ring substituents is 1. The van der Waals surface area contributed by atoms with Crippen molar-refractivity contribution in [1.82, 2.24) is 19.8 Å². The van der Waals surface area contributed by atoms with Crippen LogP contribution in [0.15, 0.2) is 67.0 Å². The Bertz CT molecular complexity index is 1170. The van der Waals surface area contributed by atoms with Crippen LogP contribution in [-0.4, -0.2) is 44.1 Å². The molecule has 1 saturated heterocycles. The minimum absolute atomic E-state index is 0.0171. The molecule has 1 aliphatic heterocycles.